The predicted molar refractivity (Wildman–Crippen MR) is 77.7 cm³/mol. The Morgan fingerprint density at radius 3 is 2.61 bits per heavy atom. The lowest BCUT2D eigenvalue weighted by atomic mass is 10.1. The standard InChI is InChI=1S/C12H16BrClO3S/c1-2-18(16,17)5-3-4-12(15)9-6-10(13)8-11(14)7-9/h6-8,12,15H,2-5H2,1H3. The Morgan fingerprint density at radius 1 is 1.39 bits per heavy atom. The van der Waals surface area contributed by atoms with Crippen LogP contribution in [-0.4, -0.2) is 25.0 Å². The molecule has 1 aromatic carbocycles. The lowest BCUT2D eigenvalue weighted by molar-refractivity contribution is 0.166. The Hall–Kier alpha value is -0.100. The molecule has 18 heavy (non-hydrogen) atoms. The highest BCUT2D eigenvalue weighted by atomic mass is 79.9. The molecule has 0 amide bonds. The van der Waals surface area contributed by atoms with Gasteiger partial charge in [0.2, 0.25) is 0 Å². The Balaban J connectivity index is 2.58. The zero-order valence-corrected chi connectivity index (χ0v) is 13.2. The van der Waals surface area contributed by atoms with Crippen LogP contribution in [0.4, 0.5) is 0 Å². The number of hydrogen-bond donors (Lipinski definition) is 1. The quantitative estimate of drug-likeness (QED) is 0.851. The maximum Gasteiger partial charge on any atom is 0.150 e. The summed E-state index contributed by atoms with van der Waals surface area (Å²) < 4.78 is 23.4. The molecule has 0 radical (unpaired) electrons. The van der Waals surface area contributed by atoms with Gasteiger partial charge >= 0.3 is 0 Å². The summed E-state index contributed by atoms with van der Waals surface area (Å²) in [5, 5.41) is 10.5. The van der Waals surface area contributed by atoms with Crippen LogP contribution >= 0.6 is 27.5 Å². The number of benzene rings is 1. The molecule has 0 saturated carbocycles. The molecule has 1 N–H and O–H groups in total. The molecule has 0 fully saturated rings. The maximum atomic E-state index is 11.3. The van der Waals surface area contributed by atoms with E-state index in [1.165, 1.54) is 0 Å². The van der Waals surface area contributed by atoms with Gasteiger partial charge < -0.3 is 5.11 Å². The van der Waals surface area contributed by atoms with Crippen LogP contribution in [-0.2, 0) is 9.84 Å². The van der Waals surface area contributed by atoms with E-state index in [0.29, 0.717) is 23.4 Å². The van der Waals surface area contributed by atoms with Gasteiger partial charge in [0.05, 0.1) is 11.9 Å². The molecule has 1 unspecified atom stereocenters. The van der Waals surface area contributed by atoms with Gasteiger partial charge in [-0.3, -0.25) is 0 Å². The van der Waals surface area contributed by atoms with E-state index >= 15 is 0 Å². The summed E-state index contributed by atoms with van der Waals surface area (Å²) in [6.07, 6.45) is 0.167. The van der Waals surface area contributed by atoms with Gasteiger partial charge in [-0.2, -0.15) is 0 Å². The Kier molecular flexibility index (Phi) is 6.11. The fourth-order valence-electron chi connectivity index (χ4n) is 1.58. The van der Waals surface area contributed by atoms with Crippen molar-refractivity contribution in [1.29, 1.82) is 0 Å². The van der Waals surface area contributed by atoms with Crippen LogP contribution in [0.3, 0.4) is 0 Å². The van der Waals surface area contributed by atoms with Crippen molar-refractivity contribution in [3.63, 3.8) is 0 Å². The summed E-state index contributed by atoms with van der Waals surface area (Å²) in [5.41, 5.74) is 0.697. The van der Waals surface area contributed by atoms with E-state index in [2.05, 4.69) is 15.9 Å². The minimum absolute atomic E-state index is 0.113. The van der Waals surface area contributed by atoms with E-state index in [-0.39, 0.29) is 11.5 Å². The van der Waals surface area contributed by atoms with E-state index < -0.39 is 15.9 Å². The number of sulfone groups is 1. The second-order valence-corrected chi connectivity index (χ2v) is 7.92. The van der Waals surface area contributed by atoms with E-state index in [1.807, 2.05) is 0 Å². The fraction of sp³-hybridized carbons (Fsp3) is 0.500. The molecule has 0 saturated heterocycles. The van der Waals surface area contributed by atoms with Crippen molar-refractivity contribution in [3.05, 3.63) is 33.3 Å². The molecule has 6 heteroatoms. The first-order valence-corrected chi connectivity index (χ1v) is 8.68. The molecule has 102 valence electrons. The molecule has 0 aliphatic carbocycles. The van der Waals surface area contributed by atoms with Gasteiger partial charge in [0.1, 0.15) is 9.84 Å². The molecular weight excluding hydrogens is 340 g/mol. The van der Waals surface area contributed by atoms with Gasteiger partial charge in [0.15, 0.2) is 0 Å². The first-order valence-electron chi connectivity index (χ1n) is 5.68. The van der Waals surface area contributed by atoms with Gasteiger partial charge in [-0.15, -0.1) is 0 Å². The molecule has 0 aliphatic rings. The van der Waals surface area contributed by atoms with Crippen LogP contribution in [0.2, 0.25) is 5.02 Å². The van der Waals surface area contributed by atoms with Crippen molar-refractivity contribution in [2.75, 3.05) is 11.5 Å². The largest absolute Gasteiger partial charge is 0.388 e. The van der Waals surface area contributed by atoms with Crippen molar-refractivity contribution in [3.8, 4) is 0 Å². The van der Waals surface area contributed by atoms with Crippen molar-refractivity contribution in [2.45, 2.75) is 25.9 Å². The third-order valence-electron chi connectivity index (χ3n) is 2.64. The number of aliphatic hydroxyl groups is 1. The highest BCUT2D eigenvalue weighted by Crippen LogP contribution is 2.26. The lowest BCUT2D eigenvalue weighted by Gasteiger charge is -2.11. The van der Waals surface area contributed by atoms with Crippen molar-refractivity contribution >= 4 is 37.4 Å². The molecule has 0 aliphatic heterocycles. The van der Waals surface area contributed by atoms with Crippen molar-refractivity contribution in [1.82, 2.24) is 0 Å². The van der Waals surface area contributed by atoms with Gasteiger partial charge in [-0.1, -0.05) is 34.5 Å². The SMILES string of the molecule is CCS(=O)(=O)CCCC(O)c1cc(Cl)cc(Br)c1. The van der Waals surface area contributed by atoms with E-state index in [4.69, 9.17) is 11.6 Å². The minimum atomic E-state index is -2.96. The van der Waals surface area contributed by atoms with Crippen LogP contribution in [0.1, 0.15) is 31.4 Å². The Bertz CT molecular complexity index is 482. The second-order valence-electron chi connectivity index (χ2n) is 4.10. The van der Waals surface area contributed by atoms with Crippen LogP contribution in [0.15, 0.2) is 22.7 Å². The highest BCUT2D eigenvalue weighted by Gasteiger charge is 2.12. The van der Waals surface area contributed by atoms with Gasteiger partial charge in [0, 0.05) is 15.2 Å². The highest BCUT2D eigenvalue weighted by molar-refractivity contribution is 9.10. The van der Waals surface area contributed by atoms with E-state index in [1.54, 1.807) is 25.1 Å². The number of hydrogen-bond acceptors (Lipinski definition) is 3. The summed E-state index contributed by atoms with van der Waals surface area (Å²) in [6, 6.07) is 5.20. The first kappa shape index (κ1) is 16.0. The summed E-state index contributed by atoms with van der Waals surface area (Å²) in [5.74, 6) is 0.258. The zero-order chi connectivity index (χ0) is 13.8. The average Bonchev–Trinajstić information content (AvgIpc) is 2.27. The topological polar surface area (TPSA) is 54.4 Å². The Labute approximate surface area is 121 Å². The third kappa shape index (κ3) is 5.26. The third-order valence-corrected chi connectivity index (χ3v) is 5.11. The Morgan fingerprint density at radius 2 is 2.06 bits per heavy atom. The molecule has 0 bridgehead atoms. The average molecular weight is 356 g/mol. The molecule has 1 atom stereocenters. The number of rotatable bonds is 6. The number of halogens is 2. The monoisotopic (exact) mass is 354 g/mol. The summed E-state index contributed by atoms with van der Waals surface area (Å²) >= 11 is 9.19. The summed E-state index contributed by atoms with van der Waals surface area (Å²) in [4.78, 5) is 0. The molecular formula is C12H16BrClO3S. The zero-order valence-electron chi connectivity index (χ0n) is 10.1. The second kappa shape index (κ2) is 6.89. The van der Waals surface area contributed by atoms with Crippen LogP contribution in [0.5, 0.6) is 0 Å². The van der Waals surface area contributed by atoms with Crippen LogP contribution < -0.4 is 0 Å². The normalized spacial score (nSPS) is 13.6. The lowest BCUT2D eigenvalue weighted by Crippen LogP contribution is -2.10. The van der Waals surface area contributed by atoms with Gasteiger partial charge in [0.25, 0.3) is 0 Å². The molecule has 0 spiro atoms. The predicted octanol–water partition coefficient (Wildman–Crippen LogP) is 3.35. The fourth-order valence-corrected chi connectivity index (χ4v) is 3.36. The molecule has 3 nitrogen and oxygen atoms in total. The van der Waals surface area contributed by atoms with Crippen LogP contribution in [0.25, 0.3) is 0 Å². The van der Waals surface area contributed by atoms with Crippen molar-refractivity contribution in [2.24, 2.45) is 0 Å². The van der Waals surface area contributed by atoms with Gasteiger partial charge in [-0.25, -0.2) is 8.42 Å². The smallest absolute Gasteiger partial charge is 0.150 e. The van der Waals surface area contributed by atoms with E-state index in [0.717, 1.165) is 4.47 Å². The molecule has 1 aromatic rings. The van der Waals surface area contributed by atoms with Crippen molar-refractivity contribution < 1.29 is 13.5 Å². The van der Waals surface area contributed by atoms with Gasteiger partial charge in [-0.05, 0) is 36.6 Å². The summed E-state index contributed by atoms with van der Waals surface area (Å²) in [6.45, 7) is 1.62. The maximum absolute atomic E-state index is 11.3. The molecule has 0 aromatic heterocycles. The molecule has 0 heterocycles. The van der Waals surface area contributed by atoms with Crippen LogP contribution in [0, 0.1) is 0 Å². The molecule has 1 rings (SSSR count). The number of aliphatic hydroxyl groups excluding tert-OH is 1. The summed E-state index contributed by atoms with van der Waals surface area (Å²) in [7, 11) is -2.96. The van der Waals surface area contributed by atoms with E-state index in [9.17, 15) is 13.5 Å². The first-order chi connectivity index (χ1) is 8.34. The minimum Gasteiger partial charge on any atom is -0.388 e.